The van der Waals surface area contributed by atoms with E-state index in [1.807, 2.05) is 24.3 Å². The molecule has 3 aromatic rings. The lowest BCUT2D eigenvalue weighted by molar-refractivity contribution is 0.171. The first kappa shape index (κ1) is 22.9. The average Bonchev–Trinajstić information content (AvgIpc) is 3.38. The number of fused-ring (bicyclic) bond motifs is 1. The number of halogens is 2. The Kier molecular flexibility index (Phi) is 6.57. The minimum atomic E-state index is -0.391. The molecule has 1 heterocycles. The molecule has 2 N–H and O–H groups in total. The molecule has 2 amide bonds. The average molecular weight is 478 g/mol. The second-order valence-corrected chi connectivity index (χ2v) is 10.0. The molecule has 1 saturated heterocycles. The molecule has 5 rings (SSSR count). The van der Waals surface area contributed by atoms with Crippen LogP contribution >= 0.6 is 11.6 Å². The minimum Gasteiger partial charge on any atom is -0.330 e. The third-order valence-corrected chi connectivity index (χ3v) is 7.26. The highest BCUT2D eigenvalue weighted by molar-refractivity contribution is 6.30. The highest BCUT2D eigenvalue weighted by atomic mass is 35.5. The number of benzene rings is 3. The van der Waals surface area contributed by atoms with Gasteiger partial charge in [-0.25, -0.2) is 9.18 Å². The third-order valence-electron chi connectivity index (χ3n) is 7.03. The van der Waals surface area contributed by atoms with Crippen LogP contribution < -0.4 is 10.6 Å². The third kappa shape index (κ3) is 5.26. The van der Waals surface area contributed by atoms with E-state index in [4.69, 9.17) is 11.6 Å². The number of carbonyl (C=O) groups is 1. The second kappa shape index (κ2) is 9.77. The molecule has 6 heteroatoms. The topological polar surface area (TPSA) is 44.4 Å². The number of anilines is 1. The Bertz CT molecular complexity index is 1140. The van der Waals surface area contributed by atoms with Crippen molar-refractivity contribution < 1.29 is 9.18 Å². The number of likely N-dealkylation sites (tertiary alicyclic amines) is 1. The second-order valence-electron chi connectivity index (χ2n) is 9.59. The van der Waals surface area contributed by atoms with Crippen LogP contribution in [0, 0.1) is 5.82 Å². The van der Waals surface area contributed by atoms with Gasteiger partial charge >= 0.3 is 6.03 Å². The molecule has 3 aromatic carbocycles. The van der Waals surface area contributed by atoms with Gasteiger partial charge in [0.1, 0.15) is 5.82 Å². The molecule has 1 atom stereocenters. The fourth-order valence-electron chi connectivity index (χ4n) is 5.52. The lowest BCUT2D eigenvalue weighted by Crippen LogP contribution is -2.58. The maximum atomic E-state index is 13.4. The Labute approximate surface area is 205 Å². The molecule has 1 aliphatic carbocycles. The monoisotopic (exact) mass is 477 g/mol. The number of rotatable bonds is 6. The van der Waals surface area contributed by atoms with E-state index in [1.165, 1.54) is 23.3 Å². The maximum Gasteiger partial charge on any atom is 0.319 e. The fourth-order valence-corrected chi connectivity index (χ4v) is 5.71. The summed E-state index contributed by atoms with van der Waals surface area (Å²) in [5, 5.41) is 6.88. The van der Waals surface area contributed by atoms with Gasteiger partial charge in [-0.15, -0.1) is 0 Å². The molecule has 34 heavy (non-hydrogen) atoms. The van der Waals surface area contributed by atoms with Crippen LogP contribution in [0.5, 0.6) is 0 Å². The molecule has 0 aromatic heterocycles. The number of amides is 2. The van der Waals surface area contributed by atoms with E-state index in [0.29, 0.717) is 16.8 Å². The van der Waals surface area contributed by atoms with E-state index in [1.54, 1.807) is 12.1 Å². The summed E-state index contributed by atoms with van der Waals surface area (Å²) in [6.07, 6.45) is 4.72. The number of nitrogens with zero attached hydrogens (tertiary/aromatic N) is 1. The van der Waals surface area contributed by atoms with E-state index < -0.39 is 5.54 Å². The minimum absolute atomic E-state index is 0.204. The van der Waals surface area contributed by atoms with Gasteiger partial charge in [0.05, 0.1) is 5.54 Å². The van der Waals surface area contributed by atoms with Crippen LogP contribution in [0.4, 0.5) is 14.9 Å². The quantitative estimate of drug-likeness (QED) is 0.468. The molecule has 0 radical (unpaired) electrons. The van der Waals surface area contributed by atoms with Gasteiger partial charge in [-0.1, -0.05) is 54.1 Å². The Morgan fingerprint density at radius 3 is 2.47 bits per heavy atom. The summed E-state index contributed by atoms with van der Waals surface area (Å²) in [5.74, 6) is -0.204. The van der Waals surface area contributed by atoms with Gasteiger partial charge in [0.2, 0.25) is 0 Å². The molecule has 0 spiro atoms. The van der Waals surface area contributed by atoms with Gasteiger partial charge < -0.3 is 10.6 Å². The van der Waals surface area contributed by atoms with E-state index in [0.717, 1.165) is 50.8 Å². The number of urea groups is 1. The van der Waals surface area contributed by atoms with Crippen molar-refractivity contribution in [3.63, 3.8) is 0 Å². The Morgan fingerprint density at radius 1 is 1.03 bits per heavy atom. The predicted octanol–water partition coefficient (Wildman–Crippen LogP) is 5.85. The van der Waals surface area contributed by atoms with Crippen LogP contribution in [-0.4, -0.2) is 35.6 Å². The number of carbonyl (C=O) groups excluding carboxylic acids is 1. The molecule has 2 aliphatic rings. The zero-order valence-corrected chi connectivity index (χ0v) is 19.8. The van der Waals surface area contributed by atoms with Crippen molar-refractivity contribution >= 4 is 23.3 Å². The predicted molar refractivity (Wildman–Crippen MR) is 135 cm³/mol. The van der Waals surface area contributed by atoms with Gasteiger partial charge in [-0.05, 0) is 85.7 Å². The summed E-state index contributed by atoms with van der Waals surface area (Å²) in [6, 6.07) is 22.6. The molecular formula is C28H29ClFN3O. The van der Waals surface area contributed by atoms with Crippen molar-refractivity contribution in [3.05, 3.63) is 100 Å². The highest BCUT2D eigenvalue weighted by Crippen LogP contribution is 2.33. The Hall–Kier alpha value is -2.89. The molecule has 0 bridgehead atoms. The largest absolute Gasteiger partial charge is 0.330 e. The van der Waals surface area contributed by atoms with Crippen molar-refractivity contribution in [2.45, 2.75) is 43.7 Å². The summed E-state index contributed by atoms with van der Waals surface area (Å²) in [6.45, 7) is 1.78. The molecule has 176 valence electrons. The Morgan fingerprint density at radius 2 is 1.76 bits per heavy atom. The van der Waals surface area contributed by atoms with E-state index >= 15 is 0 Å². The summed E-state index contributed by atoms with van der Waals surface area (Å²) in [4.78, 5) is 15.6. The first-order valence-electron chi connectivity index (χ1n) is 11.9. The first-order chi connectivity index (χ1) is 16.5. The molecule has 4 nitrogen and oxygen atoms in total. The highest BCUT2D eigenvalue weighted by Gasteiger charge is 2.42. The first-order valence-corrected chi connectivity index (χ1v) is 12.3. The van der Waals surface area contributed by atoms with Crippen molar-refractivity contribution in [3.8, 4) is 0 Å². The van der Waals surface area contributed by atoms with Gasteiger partial charge in [-0.2, -0.15) is 0 Å². The van der Waals surface area contributed by atoms with E-state index in [9.17, 15) is 9.18 Å². The molecule has 0 saturated carbocycles. The zero-order chi connectivity index (χ0) is 23.5. The van der Waals surface area contributed by atoms with Crippen molar-refractivity contribution in [1.29, 1.82) is 0 Å². The number of hydrogen-bond acceptors (Lipinski definition) is 2. The van der Waals surface area contributed by atoms with Gasteiger partial charge in [-0.3, -0.25) is 4.90 Å². The molecule has 1 aliphatic heterocycles. The number of hydrogen-bond donors (Lipinski definition) is 2. The van der Waals surface area contributed by atoms with Gasteiger partial charge in [0.15, 0.2) is 0 Å². The van der Waals surface area contributed by atoms with E-state index in [-0.39, 0.29) is 11.8 Å². The molecule has 1 unspecified atom stereocenters. The SMILES string of the molecule is O=C(Nc1cccc(Cl)c1)NC1(CN2CCCC2Cc2ccc(F)cc2)Cc2ccccc2C1. The summed E-state index contributed by atoms with van der Waals surface area (Å²) in [7, 11) is 0. The molecule has 1 fully saturated rings. The standard InChI is InChI=1S/C28H29ClFN3O/c29-23-7-3-8-25(16-23)31-27(34)32-28(17-21-5-1-2-6-22(21)18-28)19-33-14-4-9-26(33)15-20-10-12-24(30)13-11-20/h1-3,5-8,10-13,16,26H,4,9,14-15,17-19H2,(H2,31,32,34). The van der Waals surface area contributed by atoms with Crippen molar-refractivity contribution in [2.75, 3.05) is 18.4 Å². The van der Waals surface area contributed by atoms with Crippen LogP contribution in [-0.2, 0) is 19.3 Å². The van der Waals surface area contributed by atoms with Gasteiger partial charge in [0, 0.05) is 23.3 Å². The van der Waals surface area contributed by atoms with Crippen molar-refractivity contribution in [1.82, 2.24) is 10.2 Å². The summed E-state index contributed by atoms with van der Waals surface area (Å²) < 4.78 is 13.4. The van der Waals surface area contributed by atoms with Crippen LogP contribution in [0.2, 0.25) is 5.02 Å². The lowest BCUT2D eigenvalue weighted by atomic mass is 9.93. The van der Waals surface area contributed by atoms with Crippen LogP contribution in [0.25, 0.3) is 0 Å². The number of nitrogens with one attached hydrogen (secondary N) is 2. The molecular weight excluding hydrogens is 449 g/mol. The van der Waals surface area contributed by atoms with Crippen LogP contribution in [0.3, 0.4) is 0 Å². The Balaban J connectivity index is 1.33. The summed E-state index contributed by atoms with van der Waals surface area (Å²) >= 11 is 6.09. The smallest absolute Gasteiger partial charge is 0.319 e. The maximum absolute atomic E-state index is 13.4. The lowest BCUT2D eigenvalue weighted by Gasteiger charge is -2.37. The fraction of sp³-hybridized carbons (Fsp3) is 0.321. The van der Waals surface area contributed by atoms with Crippen LogP contribution in [0.15, 0.2) is 72.8 Å². The zero-order valence-electron chi connectivity index (χ0n) is 19.1. The summed E-state index contributed by atoms with van der Waals surface area (Å²) in [5.41, 5.74) is 4.01. The van der Waals surface area contributed by atoms with Crippen molar-refractivity contribution in [2.24, 2.45) is 0 Å². The van der Waals surface area contributed by atoms with Crippen LogP contribution in [0.1, 0.15) is 29.5 Å². The van der Waals surface area contributed by atoms with Gasteiger partial charge in [0.25, 0.3) is 0 Å². The normalized spacial score (nSPS) is 19.1. The van der Waals surface area contributed by atoms with E-state index in [2.05, 4.69) is 39.8 Å².